The molecule has 0 saturated heterocycles. The van der Waals surface area contributed by atoms with Crippen LogP contribution in [0.2, 0.25) is 10.0 Å². The molecule has 0 fully saturated rings. The van der Waals surface area contributed by atoms with Crippen LogP contribution >= 0.6 is 35.0 Å². The lowest BCUT2D eigenvalue weighted by Crippen LogP contribution is -2.14. The van der Waals surface area contributed by atoms with Crippen molar-refractivity contribution in [2.45, 2.75) is 5.22 Å². The third-order valence-electron chi connectivity index (χ3n) is 3.06. The molecule has 9 heteroatoms. The Labute approximate surface area is 156 Å². The molecule has 0 spiro atoms. The molecule has 1 amide bonds. The first kappa shape index (κ1) is 17.7. The minimum absolute atomic E-state index is 0.0156. The highest BCUT2D eigenvalue weighted by atomic mass is 35.5. The lowest BCUT2D eigenvalue weighted by Gasteiger charge is -2.07. The van der Waals surface area contributed by atoms with E-state index >= 15 is 0 Å². The van der Waals surface area contributed by atoms with Gasteiger partial charge in [-0.05, 0) is 24.3 Å². The number of carbonyl (C=O) groups is 1. The van der Waals surface area contributed by atoms with Crippen LogP contribution in [0.15, 0.2) is 52.1 Å². The number of carbonyl (C=O) groups excluding carboxylic acids is 1. The van der Waals surface area contributed by atoms with E-state index in [0.717, 1.165) is 11.8 Å². The number of rotatable bonds is 5. The van der Waals surface area contributed by atoms with E-state index < -0.39 is 5.82 Å². The van der Waals surface area contributed by atoms with Gasteiger partial charge in [0.1, 0.15) is 5.82 Å². The van der Waals surface area contributed by atoms with Gasteiger partial charge in [0.05, 0.1) is 27.0 Å². The zero-order valence-corrected chi connectivity index (χ0v) is 14.8. The number of benzene rings is 2. The van der Waals surface area contributed by atoms with Gasteiger partial charge < -0.3 is 9.73 Å². The third kappa shape index (κ3) is 4.31. The summed E-state index contributed by atoms with van der Waals surface area (Å²) in [4.78, 5) is 12.0. The molecule has 1 N–H and O–H groups in total. The zero-order valence-electron chi connectivity index (χ0n) is 12.5. The van der Waals surface area contributed by atoms with Gasteiger partial charge in [0.2, 0.25) is 5.91 Å². The van der Waals surface area contributed by atoms with E-state index in [9.17, 15) is 9.18 Å². The normalized spacial score (nSPS) is 10.7. The van der Waals surface area contributed by atoms with Gasteiger partial charge in [-0.2, -0.15) is 0 Å². The van der Waals surface area contributed by atoms with E-state index in [1.54, 1.807) is 30.3 Å². The van der Waals surface area contributed by atoms with Crippen LogP contribution < -0.4 is 5.32 Å². The number of anilines is 1. The van der Waals surface area contributed by atoms with Crippen molar-refractivity contribution >= 4 is 46.6 Å². The third-order valence-corrected chi connectivity index (χ3v) is 4.70. The van der Waals surface area contributed by atoms with Crippen molar-refractivity contribution in [3.05, 3.63) is 58.3 Å². The Bertz CT molecular complexity index is 920. The van der Waals surface area contributed by atoms with Crippen molar-refractivity contribution < 1.29 is 13.6 Å². The first-order valence-corrected chi connectivity index (χ1v) is 8.74. The summed E-state index contributed by atoms with van der Waals surface area (Å²) in [6, 6.07) is 11.0. The van der Waals surface area contributed by atoms with E-state index in [2.05, 4.69) is 15.5 Å². The summed E-state index contributed by atoms with van der Waals surface area (Å²) in [5.74, 6) is -0.711. The Morgan fingerprint density at radius 2 is 1.96 bits per heavy atom. The molecule has 0 aliphatic rings. The number of nitrogens with zero attached hydrogens (tertiary/aromatic N) is 2. The first-order valence-electron chi connectivity index (χ1n) is 6.99. The average Bonchev–Trinajstić information content (AvgIpc) is 3.06. The fourth-order valence-electron chi connectivity index (χ4n) is 1.93. The number of halogens is 3. The second-order valence-corrected chi connectivity index (χ2v) is 6.50. The fraction of sp³-hybridized carbons (Fsp3) is 0.0625. The van der Waals surface area contributed by atoms with E-state index in [-0.39, 0.29) is 33.4 Å². The number of hydrogen-bond donors (Lipinski definition) is 1. The molecule has 25 heavy (non-hydrogen) atoms. The molecule has 0 bridgehead atoms. The highest BCUT2D eigenvalue weighted by Gasteiger charge is 2.14. The molecular formula is C16H10Cl2FN3O2S. The summed E-state index contributed by atoms with van der Waals surface area (Å²) in [7, 11) is 0. The van der Waals surface area contributed by atoms with Crippen molar-refractivity contribution in [1.82, 2.24) is 10.2 Å². The quantitative estimate of drug-likeness (QED) is 0.619. The van der Waals surface area contributed by atoms with E-state index in [1.165, 1.54) is 12.1 Å². The van der Waals surface area contributed by atoms with Gasteiger partial charge in [0.15, 0.2) is 0 Å². The molecule has 0 aliphatic heterocycles. The Morgan fingerprint density at radius 3 is 2.76 bits per heavy atom. The average molecular weight is 398 g/mol. The van der Waals surface area contributed by atoms with Crippen LogP contribution in [0.5, 0.6) is 0 Å². The van der Waals surface area contributed by atoms with E-state index in [0.29, 0.717) is 10.7 Å². The maximum Gasteiger partial charge on any atom is 0.277 e. The molecule has 5 nitrogen and oxygen atoms in total. The minimum Gasteiger partial charge on any atom is -0.411 e. The number of aromatic nitrogens is 2. The van der Waals surface area contributed by atoms with E-state index in [1.807, 2.05) is 0 Å². The molecule has 0 radical (unpaired) electrons. The number of nitrogens with one attached hydrogen (secondary N) is 1. The van der Waals surface area contributed by atoms with Crippen molar-refractivity contribution in [3.8, 4) is 11.5 Å². The Kier molecular flexibility index (Phi) is 5.57. The van der Waals surface area contributed by atoms with Gasteiger partial charge in [-0.25, -0.2) is 4.39 Å². The van der Waals surface area contributed by atoms with Crippen molar-refractivity contribution in [3.63, 3.8) is 0 Å². The van der Waals surface area contributed by atoms with Gasteiger partial charge in [-0.15, -0.1) is 10.2 Å². The van der Waals surface area contributed by atoms with Crippen molar-refractivity contribution in [2.75, 3.05) is 11.1 Å². The van der Waals surface area contributed by atoms with Crippen LogP contribution in [0, 0.1) is 5.82 Å². The van der Waals surface area contributed by atoms with Crippen molar-refractivity contribution in [2.24, 2.45) is 0 Å². The molecule has 3 rings (SSSR count). The summed E-state index contributed by atoms with van der Waals surface area (Å²) in [5.41, 5.74) is 0.620. The molecule has 0 saturated carbocycles. The highest BCUT2D eigenvalue weighted by Crippen LogP contribution is 2.30. The second kappa shape index (κ2) is 7.86. The largest absolute Gasteiger partial charge is 0.411 e. The Morgan fingerprint density at radius 1 is 1.16 bits per heavy atom. The SMILES string of the molecule is O=C(CSc1nnc(-c2ccccc2F)o1)Nc1cccc(Cl)c1Cl. The van der Waals surface area contributed by atoms with Gasteiger partial charge in [-0.1, -0.05) is 53.2 Å². The summed E-state index contributed by atoms with van der Waals surface area (Å²) in [6.07, 6.45) is 0. The number of hydrogen-bond acceptors (Lipinski definition) is 5. The maximum absolute atomic E-state index is 13.7. The predicted octanol–water partition coefficient (Wildman–Crippen LogP) is 4.91. The number of thioether (sulfide) groups is 1. The monoisotopic (exact) mass is 397 g/mol. The van der Waals surface area contributed by atoms with Crippen LogP contribution in [0.3, 0.4) is 0 Å². The lowest BCUT2D eigenvalue weighted by atomic mass is 10.2. The Balaban J connectivity index is 1.62. The zero-order chi connectivity index (χ0) is 17.8. The van der Waals surface area contributed by atoms with Crippen LogP contribution in [-0.4, -0.2) is 21.9 Å². The van der Waals surface area contributed by atoms with Crippen LogP contribution in [0.25, 0.3) is 11.5 Å². The summed E-state index contributed by atoms with van der Waals surface area (Å²) in [5, 5.41) is 11.0. The summed E-state index contributed by atoms with van der Waals surface area (Å²) >= 11 is 12.9. The molecule has 1 aromatic heterocycles. The molecule has 3 aromatic rings. The topological polar surface area (TPSA) is 68.0 Å². The fourth-order valence-corrected chi connectivity index (χ4v) is 2.84. The van der Waals surface area contributed by atoms with Gasteiger partial charge >= 0.3 is 0 Å². The molecule has 0 aliphatic carbocycles. The lowest BCUT2D eigenvalue weighted by molar-refractivity contribution is -0.113. The van der Waals surface area contributed by atoms with E-state index in [4.69, 9.17) is 27.6 Å². The molecule has 2 aromatic carbocycles. The van der Waals surface area contributed by atoms with Crippen molar-refractivity contribution in [1.29, 1.82) is 0 Å². The van der Waals surface area contributed by atoms with Crippen LogP contribution in [-0.2, 0) is 4.79 Å². The molecule has 128 valence electrons. The van der Waals surface area contributed by atoms with Crippen LogP contribution in [0.4, 0.5) is 10.1 Å². The van der Waals surface area contributed by atoms with Gasteiger partial charge in [-0.3, -0.25) is 4.79 Å². The molecule has 0 unspecified atom stereocenters. The van der Waals surface area contributed by atoms with Gasteiger partial charge in [0.25, 0.3) is 11.1 Å². The predicted molar refractivity (Wildman–Crippen MR) is 95.5 cm³/mol. The van der Waals surface area contributed by atoms with Crippen LogP contribution in [0.1, 0.15) is 0 Å². The number of amides is 1. The molecule has 0 atom stereocenters. The first-order chi connectivity index (χ1) is 12.0. The maximum atomic E-state index is 13.7. The standard InChI is InChI=1S/C16H10Cl2FN3O2S/c17-10-5-3-7-12(14(10)18)20-13(23)8-25-16-22-21-15(24-16)9-4-1-2-6-11(9)19/h1-7H,8H2,(H,20,23). The minimum atomic E-state index is -0.462. The Hall–Kier alpha value is -2.09. The highest BCUT2D eigenvalue weighted by molar-refractivity contribution is 7.99. The second-order valence-electron chi connectivity index (χ2n) is 4.79. The summed E-state index contributed by atoms with van der Waals surface area (Å²) < 4.78 is 19.1. The summed E-state index contributed by atoms with van der Waals surface area (Å²) in [6.45, 7) is 0. The molecule has 1 heterocycles. The smallest absolute Gasteiger partial charge is 0.277 e. The molecular weight excluding hydrogens is 388 g/mol. The van der Waals surface area contributed by atoms with Gasteiger partial charge in [0, 0.05) is 0 Å².